The maximum Gasteiger partial charge on any atom is 2.00 e. The molecule has 0 atom stereocenters. The fourth-order valence-electron chi connectivity index (χ4n) is 0. The summed E-state index contributed by atoms with van der Waals surface area (Å²) in [5, 5.41) is 14.8. The van der Waals surface area contributed by atoms with Crippen LogP contribution in [0.15, 0.2) is 0 Å². The smallest absolute Gasteiger partial charge is 0.756 e. The summed E-state index contributed by atoms with van der Waals surface area (Å²) in [6, 6.07) is 0. The van der Waals surface area contributed by atoms with Crippen molar-refractivity contribution in [1.29, 1.82) is 0 Å². The predicted molar refractivity (Wildman–Crippen MR) is 28.2 cm³/mol. The van der Waals surface area contributed by atoms with Crippen LogP contribution in [0.4, 0.5) is 0 Å². The van der Waals surface area contributed by atoms with E-state index in [-0.39, 0.29) is 37.7 Å². The molecule has 10 heavy (non-hydrogen) atoms. The van der Waals surface area contributed by atoms with E-state index in [2.05, 4.69) is 0 Å². The van der Waals surface area contributed by atoms with E-state index in [9.17, 15) is 0 Å². The van der Waals surface area contributed by atoms with Gasteiger partial charge in [0, 0.05) is 0 Å². The minimum absolute atomic E-state index is 0. The van der Waals surface area contributed by atoms with Gasteiger partial charge in [0.2, 0.25) is 0 Å². The molecule has 0 unspecified atom stereocenters. The third-order valence-corrected chi connectivity index (χ3v) is 0. The first-order valence-electron chi connectivity index (χ1n) is 1.31. The number of hydrogen-bond acceptors (Lipinski definition) is 5. The zero-order valence-electron chi connectivity index (χ0n) is 4.54. The van der Waals surface area contributed by atoms with Crippen LogP contribution in [-0.2, 0) is 4.57 Å². The molecular formula is H2CaNO7P. The molecule has 0 aliphatic rings. The van der Waals surface area contributed by atoms with Gasteiger partial charge in [-0.1, -0.05) is 0 Å². The van der Waals surface area contributed by atoms with Crippen molar-refractivity contribution < 1.29 is 24.3 Å². The molecule has 0 aliphatic carbocycles. The standard InChI is InChI=1S/Ca.NO3.H3O4P/c;2-1(3)4;1-5(2,3)4/h;;(H3,1,2,3,4)/q+2;-1;/p-1. The molecule has 0 spiro atoms. The second-order valence-electron chi connectivity index (χ2n) is 0.714. The zero-order chi connectivity index (χ0) is 8.08. The van der Waals surface area contributed by atoms with Crippen molar-refractivity contribution in [3.05, 3.63) is 15.3 Å². The molecule has 8 nitrogen and oxygen atoms in total. The monoisotopic (exact) mass is 199 g/mol. The van der Waals surface area contributed by atoms with Crippen LogP contribution >= 0.6 is 7.82 Å². The second kappa shape index (κ2) is 7.67. The predicted octanol–water partition coefficient (Wildman–Crippen LogP) is -2.18. The number of hydrogen-bond donors (Lipinski definition) is 2. The van der Waals surface area contributed by atoms with Gasteiger partial charge in [-0.05, 0) is 0 Å². The fraction of sp³-hybridized carbons (Fsp3) is 0. The van der Waals surface area contributed by atoms with Crippen LogP contribution in [-0.4, -0.2) is 52.6 Å². The molecule has 0 heterocycles. The van der Waals surface area contributed by atoms with Crippen molar-refractivity contribution >= 4 is 45.6 Å². The average Bonchev–Trinajstić information content (AvgIpc) is 1.19. The van der Waals surface area contributed by atoms with Gasteiger partial charge < -0.3 is 30.0 Å². The molecule has 0 radical (unpaired) electrons. The molecule has 0 bridgehead atoms. The summed E-state index contributed by atoms with van der Waals surface area (Å²) in [7, 11) is -4.89. The van der Waals surface area contributed by atoms with Gasteiger partial charge >= 0.3 is 37.7 Å². The van der Waals surface area contributed by atoms with Gasteiger partial charge in [0.15, 0.2) is 0 Å². The van der Waals surface area contributed by atoms with E-state index in [1.807, 2.05) is 0 Å². The van der Waals surface area contributed by atoms with Crippen LogP contribution in [0.3, 0.4) is 0 Å². The maximum absolute atomic E-state index is 8.77. The van der Waals surface area contributed by atoms with Crippen molar-refractivity contribution in [3.8, 4) is 0 Å². The van der Waals surface area contributed by atoms with Crippen LogP contribution in [0.5, 0.6) is 0 Å². The third kappa shape index (κ3) is 1510. The third-order valence-electron chi connectivity index (χ3n) is 0. The van der Waals surface area contributed by atoms with E-state index in [4.69, 9.17) is 34.6 Å². The van der Waals surface area contributed by atoms with Gasteiger partial charge in [-0.3, -0.25) is 4.57 Å². The molecule has 0 saturated heterocycles. The van der Waals surface area contributed by atoms with Crippen LogP contribution in [0.2, 0.25) is 0 Å². The number of rotatable bonds is 0. The molecule has 0 aromatic rings. The van der Waals surface area contributed by atoms with E-state index >= 15 is 0 Å². The molecule has 0 rings (SSSR count). The molecule has 0 saturated carbocycles. The van der Waals surface area contributed by atoms with Gasteiger partial charge in [0.1, 0.15) is 0 Å². The Bertz CT molecular complexity index is 113. The Morgan fingerprint density at radius 3 is 1.30 bits per heavy atom. The summed E-state index contributed by atoms with van der Waals surface area (Å²) in [6.07, 6.45) is 0. The average molecular weight is 199 g/mol. The summed E-state index contributed by atoms with van der Waals surface area (Å²) in [5.74, 6) is 0. The van der Waals surface area contributed by atoms with E-state index in [0.717, 1.165) is 0 Å². The Morgan fingerprint density at radius 2 is 1.30 bits per heavy atom. The van der Waals surface area contributed by atoms with Gasteiger partial charge in [0.25, 0.3) is 7.82 Å². The van der Waals surface area contributed by atoms with Crippen LogP contribution in [0.1, 0.15) is 0 Å². The molecule has 0 aromatic carbocycles. The van der Waals surface area contributed by atoms with Gasteiger partial charge in [0.05, 0.1) is 5.09 Å². The molecule has 0 aliphatic heterocycles. The van der Waals surface area contributed by atoms with Crippen LogP contribution in [0.25, 0.3) is 0 Å². The second-order valence-corrected chi connectivity index (χ2v) is 1.70. The minimum Gasteiger partial charge on any atom is -0.756 e. The molecule has 0 amide bonds. The summed E-state index contributed by atoms with van der Waals surface area (Å²) in [4.78, 5) is 31.2. The molecule has 0 fully saturated rings. The van der Waals surface area contributed by atoms with Crippen molar-refractivity contribution in [2.45, 2.75) is 0 Å². The first-order valence-corrected chi connectivity index (χ1v) is 2.84. The first-order chi connectivity index (χ1) is 3.73. The fourth-order valence-corrected chi connectivity index (χ4v) is 0. The number of nitrogens with zero attached hydrogens (tertiary/aromatic N) is 1. The SMILES string of the molecule is O=P([O-])(O)O.O=[N+]([O-])[O-].[Ca+2]. The van der Waals surface area contributed by atoms with Crippen molar-refractivity contribution in [1.82, 2.24) is 0 Å². The zero-order valence-corrected chi connectivity index (χ0v) is 7.64. The van der Waals surface area contributed by atoms with E-state index in [0.29, 0.717) is 0 Å². The first kappa shape index (κ1) is 16.9. The minimum atomic E-state index is -4.89. The summed E-state index contributed by atoms with van der Waals surface area (Å²) in [6.45, 7) is 0. The largest absolute Gasteiger partial charge is 2.00 e. The number of phosphoric acid groups is 1. The van der Waals surface area contributed by atoms with Crippen molar-refractivity contribution in [2.75, 3.05) is 0 Å². The molecule has 0 aromatic heterocycles. The van der Waals surface area contributed by atoms with E-state index < -0.39 is 12.9 Å². The quantitative estimate of drug-likeness (QED) is 0.195. The Hall–Kier alpha value is 0.570. The summed E-state index contributed by atoms with van der Waals surface area (Å²) >= 11 is 0. The van der Waals surface area contributed by atoms with Gasteiger partial charge in [-0.2, -0.15) is 0 Å². The molecule has 2 N–H and O–H groups in total. The Labute approximate surface area is 84.8 Å². The Balaban J connectivity index is -0.0000000910. The normalized spacial score (nSPS) is 8.30. The Kier molecular flexibility index (Phi) is 13.0. The van der Waals surface area contributed by atoms with Gasteiger partial charge in [-0.15, -0.1) is 0 Å². The van der Waals surface area contributed by atoms with E-state index in [1.54, 1.807) is 0 Å². The van der Waals surface area contributed by atoms with Crippen LogP contribution < -0.4 is 4.89 Å². The summed E-state index contributed by atoms with van der Waals surface area (Å²) in [5.41, 5.74) is 0. The van der Waals surface area contributed by atoms with Crippen molar-refractivity contribution in [3.63, 3.8) is 0 Å². The van der Waals surface area contributed by atoms with Gasteiger partial charge in [-0.25, -0.2) is 0 Å². The molecular weight excluding hydrogens is 197 g/mol. The molecule has 10 heteroatoms. The van der Waals surface area contributed by atoms with E-state index in [1.165, 1.54) is 0 Å². The maximum atomic E-state index is 8.77. The molecule has 56 valence electrons. The Morgan fingerprint density at radius 1 is 1.30 bits per heavy atom. The van der Waals surface area contributed by atoms with Crippen molar-refractivity contribution in [2.24, 2.45) is 0 Å². The summed E-state index contributed by atoms with van der Waals surface area (Å²) < 4.78 is 8.77. The topological polar surface area (TPSA) is 147 Å². The van der Waals surface area contributed by atoms with Crippen LogP contribution in [0, 0.1) is 15.3 Å².